The topological polar surface area (TPSA) is 83.5 Å². The van der Waals surface area contributed by atoms with Crippen LogP contribution in [0.15, 0.2) is 32.3 Å². The number of nitrogens with zero attached hydrogens (tertiary/aromatic N) is 2. The molecule has 0 saturated heterocycles. The lowest BCUT2D eigenvalue weighted by Crippen LogP contribution is -2.29. The Hall–Kier alpha value is -2.22. The third-order valence-electron chi connectivity index (χ3n) is 3.14. The summed E-state index contributed by atoms with van der Waals surface area (Å²) in [5.74, 6) is 0.000208. The third-order valence-corrected chi connectivity index (χ3v) is 3.79. The van der Waals surface area contributed by atoms with Gasteiger partial charge in [-0.2, -0.15) is 0 Å². The maximum atomic E-state index is 13.1. The largest absolute Gasteiger partial charge is 0.332 e. The molecule has 1 aromatic carbocycles. The average molecular weight is 353 g/mol. The number of hydrogen-bond acceptors (Lipinski definition) is 3. The minimum Gasteiger partial charge on any atom is -0.332 e. The molecule has 0 amide bonds. The fourth-order valence-electron chi connectivity index (χ4n) is 2.14. The van der Waals surface area contributed by atoms with Gasteiger partial charge in [-0.25, -0.2) is 14.2 Å². The van der Waals surface area contributed by atoms with Crippen LogP contribution in [0.1, 0.15) is 6.92 Å². The predicted molar refractivity (Wildman–Crippen MR) is 79.7 cm³/mol. The zero-order chi connectivity index (χ0) is 15.1. The standard InChI is InChI=1S/C13H10BrFN4O2/c1-2-19-11-9(12(20)18-13(19)21)16-10(17-11)7-4-3-6(15)5-8(7)14/h3-5H,2H2,1H3,(H,16,17)(H,18,20,21). The van der Waals surface area contributed by atoms with Gasteiger partial charge in [-0.15, -0.1) is 0 Å². The number of H-pyrrole nitrogens is 2. The Bertz CT molecular complexity index is 957. The summed E-state index contributed by atoms with van der Waals surface area (Å²) in [4.78, 5) is 33.0. The molecule has 2 heterocycles. The molecule has 2 aromatic heterocycles. The zero-order valence-electron chi connectivity index (χ0n) is 10.9. The SMILES string of the molecule is CCn1c(=O)[nH]c(=O)c2[nH]c(-c3ccc(F)cc3Br)nc21. The van der Waals surface area contributed by atoms with Crippen molar-refractivity contribution in [3.05, 3.63) is 49.3 Å². The van der Waals surface area contributed by atoms with Crippen LogP contribution in [-0.4, -0.2) is 19.5 Å². The number of hydrogen-bond donors (Lipinski definition) is 2. The van der Waals surface area contributed by atoms with Crippen LogP contribution in [0.4, 0.5) is 4.39 Å². The second-order valence-electron chi connectivity index (χ2n) is 4.41. The second kappa shape index (κ2) is 4.96. The smallest absolute Gasteiger partial charge is 0.330 e. The lowest BCUT2D eigenvalue weighted by Gasteiger charge is -2.00. The van der Waals surface area contributed by atoms with E-state index in [1.165, 1.54) is 16.7 Å². The molecule has 0 saturated carbocycles. The normalized spacial score (nSPS) is 11.2. The van der Waals surface area contributed by atoms with E-state index in [1.807, 2.05) is 0 Å². The van der Waals surface area contributed by atoms with Crippen LogP contribution in [0.25, 0.3) is 22.6 Å². The first-order chi connectivity index (χ1) is 10.0. The van der Waals surface area contributed by atoms with Gasteiger partial charge in [0.2, 0.25) is 0 Å². The highest BCUT2D eigenvalue weighted by atomic mass is 79.9. The molecule has 6 nitrogen and oxygen atoms in total. The maximum absolute atomic E-state index is 13.1. The van der Waals surface area contributed by atoms with Gasteiger partial charge >= 0.3 is 5.69 Å². The number of nitrogens with one attached hydrogen (secondary N) is 2. The Balaban J connectivity index is 2.33. The van der Waals surface area contributed by atoms with Crippen molar-refractivity contribution in [3.63, 3.8) is 0 Å². The molecule has 0 fully saturated rings. The van der Waals surface area contributed by atoms with Crippen LogP contribution in [0.2, 0.25) is 0 Å². The van der Waals surface area contributed by atoms with Gasteiger partial charge in [-0.05, 0) is 41.1 Å². The highest BCUT2D eigenvalue weighted by Gasteiger charge is 2.14. The Kier molecular flexibility index (Phi) is 3.25. The third kappa shape index (κ3) is 2.21. The lowest BCUT2D eigenvalue weighted by molar-refractivity contribution is 0.627. The number of aromatic nitrogens is 4. The van der Waals surface area contributed by atoms with E-state index >= 15 is 0 Å². The summed E-state index contributed by atoms with van der Waals surface area (Å²) in [6.07, 6.45) is 0. The lowest BCUT2D eigenvalue weighted by atomic mass is 10.2. The summed E-state index contributed by atoms with van der Waals surface area (Å²) >= 11 is 3.26. The Morgan fingerprint density at radius 2 is 2.10 bits per heavy atom. The van der Waals surface area contributed by atoms with Crippen molar-refractivity contribution >= 4 is 27.1 Å². The van der Waals surface area contributed by atoms with E-state index in [-0.39, 0.29) is 17.0 Å². The maximum Gasteiger partial charge on any atom is 0.330 e. The van der Waals surface area contributed by atoms with E-state index in [0.29, 0.717) is 22.4 Å². The quantitative estimate of drug-likeness (QED) is 0.739. The highest BCUT2D eigenvalue weighted by molar-refractivity contribution is 9.10. The summed E-state index contributed by atoms with van der Waals surface area (Å²) < 4.78 is 15.0. The van der Waals surface area contributed by atoms with Crippen molar-refractivity contribution in [1.29, 1.82) is 0 Å². The van der Waals surface area contributed by atoms with Gasteiger partial charge in [0.1, 0.15) is 17.2 Å². The first-order valence-electron chi connectivity index (χ1n) is 6.19. The van der Waals surface area contributed by atoms with Crippen molar-refractivity contribution in [3.8, 4) is 11.4 Å². The molecule has 0 atom stereocenters. The minimum atomic E-state index is -0.531. The molecular formula is C13H10BrFN4O2. The van der Waals surface area contributed by atoms with Gasteiger partial charge in [-0.3, -0.25) is 14.3 Å². The van der Waals surface area contributed by atoms with Gasteiger partial charge < -0.3 is 4.98 Å². The van der Waals surface area contributed by atoms with Crippen LogP contribution in [0.5, 0.6) is 0 Å². The van der Waals surface area contributed by atoms with Gasteiger partial charge in [0, 0.05) is 16.6 Å². The summed E-state index contributed by atoms with van der Waals surface area (Å²) in [5.41, 5.74) is 0.0464. The van der Waals surface area contributed by atoms with E-state index in [9.17, 15) is 14.0 Å². The van der Waals surface area contributed by atoms with Crippen molar-refractivity contribution in [2.24, 2.45) is 0 Å². The molecule has 0 unspecified atom stereocenters. The van der Waals surface area contributed by atoms with Gasteiger partial charge in [-0.1, -0.05) is 0 Å². The molecule has 2 N–H and O–H groups in total. The average Bonchev–Trinajstić information content (AvgIpc) is 2.84. The summed E-state index contributed by atoms with van der Waals surface area (Å²) in [6.45, 7) is 2.16. The fraction of sp³-hybridized carbons (Fsp3) is 0.154. The van der Waals surface area contributed by atoms with E-state index in [0.717, 1.165) is 0 Å². The van der Waals surface area contributed by atoms with E-state index < -0.39 is 11.2 Å². The predicted octanol–water partition coefficient (Wildman–Crippen LogP) is 2.00. The molecular weight excluding hydrogens is 343 g/mol. The molecule has 8 heteroatoms. The number of aromatic amines is 2. The van der Waals surface area contributed by atoms with Crippen LogP contribution in [-0.2, 0) is 6.54 Å². The molecule has 0 bridgehead atoms. The first-order valence-corrected chi connectivity index (χ1v) is 6.99. The first kappa shape index (κ1) is 13.7. The number of fused-ring (bicyclic) bond motifs is 1. The molecule has 0 spiro atoms. The number of benzene rings is 1. The molecule has 3 aromatic rings. The van der Waals surface area contributed by atoms with Crippen LogP contribution < -0.4 is 11.2 Å². The Morgan fingerprint density at radius 1 is 1.33 bits per heavy atom. The van der Waals surface area contributed by atoms with E-state index in [4.69, 9.17) is 0 Å². The monoisotopic (exact) mass is 352 g/mol. The molecule has 21 heavy (non-hydrogen) atoms. The number of aryl methyl sites for hydroxylation is 1. The molecule has 108 valence electrons. The zero-order valence-corrected chi connectivity index (χ0v) is 12.5. The minimum absolute atomic E-state index is 0.211. The number of imidazole rings is 1. The van der Waals surface area contributed by atoms with E-state index in [2.05, 4.69) is 30.9 Å². The van der Waals surface area contributed by atoms with Gasteiger partial charge in [0.25, 0.3) is 5.56 Å². The summed E-state index contributed by atoms with van der Waals surface area (Å²) in [5, 5.41) is 0. The number of rotatable bonds is 2. The van der Waals surface area contributed by atoms with Crippen LogP contribution in [0.3, 0.4) is 0 Å². The van der Waals surface area contributed by atoms with Crippen molar-refractivity contribution < 1.29 is 4.39 Å². The Morgan fingerprint density at radius 3 is 2.76 bits per heavy atom. The van der Waals surface area contributed by atoms with Gasteiger partial charge in [0.05, 0.1) is 0 Å². The van der Waals surface area contributed by atoms with Gasteiger partial charge in [0.15, 0.2) is 5.65 Å². The van der Waals surface area contributed by atoms with Crippen molar-refractivity contribution in [1.82, 2.24) is 19.5 Å². The van der Waals surface area contributed by atoms with Crippen LogP contribution in [0, 0.1) is 5.82 Å². The molecule has 0 aliphatic heterocycles. The van der Waals surface area contributed by atoms with E-state index in [1.54, 1.807) is 13.0 Å². The molecule has 0 aliphatic rings. The second-order valence-corrected chi connectivity index (χ2v) is 5.27. The van der Waals surface area contributed by atoms with Crippen molar-refractivity contribution in [2.75, 3.05) is 0 Å². The fourth-order valence-corrected chi connectivity index (χ4v) is 2.68. The molecule has 3 rings (SSSR count). The van der Waals surface area contributed by atoms with Crippen molar-refractivity contribution in [2.45, 2.75) is 13.5 Å². The highest BCUT2D eigenvalue weighted by Crippen LogP contribution is 2.27. The molecule has 0 radical (unpaired) electrons. The molecule has 0 aliphatic carbocycles. The Labute approximate surface area is 125 Å². The van der Waals surface area contributed by atoms with Crippen LogP contribution >= 0.6 is 15.9 Å². The number of halogens is 2. The summed E-state index contributed by atoms with van der Waals surface area (Å²) in [7, 11) is 0. The summed E-state index contributed by atoms with van der Waals surface area (Å²) in [6, 6.07) is 4.14.